The highest BCUT2D eigenvalue weighted by molar-refractivity contribution is 7.89. The first-order chi connectivity index (χ1) is 9.08. The maximum absolute atomic E-state index is 13.4. The van der Waals surface area contributed by atoms with E-state index in [1.807, 2.05) is 0 Å². The molecule has 0 aromatic heterocycles. The molecule has 0 aliphatic heterocycles. The van der Waals surface area contributed by atoms with E-state index in [1.54, 1.807) is 0 Å². The molecular weight excluding hydrogens is 329 g/mol. The summed E-state index contributed by atoms with van der Waals surface area (Å²) in [6, 6.07) is 1.50. The topological polar surface area (TPSA) is 37.4 Å². The molecule has 0 fully saturated rings. The monoisotopic (exact) mass is 337 g/mol. The van der Waals surface area contributed by atoms with E-state index < -0.39 is 51.7 Å². The fourth-order valence-corrected chi connectivity index (χ4v) is 3.20. The van der Waals surface area contributed by atoms with E-state index in [-0.39, 0.29) is 4.31 Å². The maximum Gasteiger partial charge on any atom is 0.402 e. The van der Waals surface area contributed by atoms with Crippen LogP contribution in [0.15, 0.2) is 23.1 Å². The van der Waals surface area contributed by atoms with Gasteiger partial charge in [0.2, 0.25) is 10.0 Å². The number of halogens is 6. The molecular formula is C10H9ClF5NO2S. The van der Waals surface area contributed by atoms with Crippen molar-refractivity contribution in [3.05, 3.63) is 29.8 Å². The Morgan fingerprint density at radius 1 is 1.20 bits per heavy atom. The van der Waals surface area contributed by atoms with Crippen molar-refractivity contribution in [1.29, 1.82) is 0 Å². The number of benzene rings is 1. The molecule has 3 nitrogen and oxygen atoms in total. The van der Waals surface area contributed by atoms with Crippen LogP contribution in [0.3, 0.4) is 0 Å². The average molecular weight is 338 g/mol. The van der Waals surface area contributed by atoms with Crippen LogP contribution in [0.5, 0.6) is 0 Å². The number of hydrogen-bond acceptors (Lipinski definition) is 2. The van der Waals surface area contributed by atoms with Crippen LogP contribution in [0.4, 0.5) is 22.0 Å². The lowest BCUT2D eigenvalue weighted by Crippen LogP contribution is -2.40. The van der Waals surface area contributed by atoms with Crippen LogP contribution >= 0.6 is 11.6 Å². The molecule has 114 valence electrons. The summed E-state index contributed by atoms with van der Waals surface area (Å²) >= 11 is 5.25. The predicted octanol–water partition coefficient (Wildman–Crippen LogP) is 2.76. The lowest BCUT2D eigenvalue weighted by molar-refractivity contribution is -0.135. The summed E-state index contributed by atoms with van der Waals surface area (Å²) in [5.74, 6) is -2.84. The van der Waals surface area contributed by atoms with E-state index in [1.165, 1.54) is 0 Å². The summed E-state index contributed by atoms with van der Waals surface area (Å²) in [7, 11) is -4.84. The van der Waals surface area contributed by atoms with Crippen LogP contribution in [0, 0.1) is 11.6 Å². The van der Waals surface area contributed by atoms with Gasteiger partial charge in [-0.3, -0.25) is 0 Å². The van der Waals surface area contributed by atoms with Crippen molar-refractivity contribution in [3.63, 3.8) is 0 Å². The van der Waals surface area contributed by atoms with E-state index in [4.69, 9.17) is 11.6 Å². The van der Waals surface area contributed by atoms with Gasteiger partial charge in [0.15, 0.2) is 0 Å². The Bertz CT molecular complexity index is 576. The number of rotatable bonds is 5. The van der Waals surface area contributed by atoms with Gasteiger partial charge in [-0.15, -0.1) is 11.6 Å². The second-order valence-electron chi connectivity index (χ2n) is 3.72. The van der Waals surface area contributed by atoms with Crippen molar-refractivity contribution >= 4 is 21.6 Å². The smallest absolute Gasteiger partial charge is 0.207 e. The third-order valence-electron chi connectivity index (χ3n) is 2.20. The normalized spacial score (nSPS) is 12.9. The van der Waals surface area contributed by atoms with Crippen molar-refractivity contribution in [2.75, 3.05) is 19.0 Å². The lowest BCUT2D eigenvalue weighted by atomic mass is 10.3. The zero-order chi connectivity index (χ0) is 15.6. The second kappa shape index (κ2) is 6.23. The number of alkyl halides is 4. The summed E-state index contributed by atoms with van der Waals surface area (Å²) in [5.41, 5.74) is 0. The van der Waals surface area contributed by atoms with E-state index in [0.29, 0.717) is 18.2 Å². The largest absolute Gasteiger partial charge is 0.402 e. The van der Waals surface area contributed by atoms with Crippen LogP contribution in [0.1, 0.15) is 0 Å². The highest BCUT2D eigenvalue weighted by Gasteiger charge is 2.37. The number of hydrogen-bond donors (Lipinski definition) is 0. The molecule has 20 heavy (non-hydrogen) atoms. The molecule has 0 saturated heterocycles. The fourth-order valence-electron chi connectivity index (χ4n) is 1.39. The minimum absolute atomic E-state index is 0.0438. The van der Waals surface area contributed by atoms with Crippen LogP contribution in [-0.2, 0) is 10.0 Å². The first kappa shape index (κ1) is 17.1. The molecule has 1 aromatic carbocycles. The van der Waals surface area contributed by atoms with Crippen LogP contribution in [0.2, 0.25) is 0 Å². The highest BCUT2D eigenvalue weighted by atomic mass is 35.5. The Balaban J connectivity index is 3.26. The minimum Gasteiger partial charge on any atom is -0.207 e. The molecule has 0 aliphatic carbocycles. The summed E-state index contributed by atoms with van der Waals surface area (Å²) in [6.45, 7) is -2.52. The molecule has 0 heterocycles. The second-order valence-corrected chi connectivity index (χ2v) is 6.00. The summed E-state index contributed by atoms with van der Waals surface area (Å²) in [4.78, 5) is -1.16. The number of nitrogens with zero attached hydrogens (tertiary/aromatic N) is 1. The molecule has 0 atom stereocenters. The summed E-state index contributed by atoms with van der Waals surface area (Å²) in [5, 5.41) is 0. The molecule has 0 bridgehead atoms. The third kappa shape index (κ3) is 4.29. The first-order valence-electron chi connectivity index (χ1n) is 5.16. The first-order valence-corrected chi connectivity index (χ1v) is 7.13. The zero-order valence-electron chi connectivity index (χ0n) is 9.79. The molecule has 0 amide bonds. The SMILES string of the molecule is O=S(=O)(c1cc(F)ccc1F)N(CCCl)CC(F)(F)F. The Kier molecular flexibility index (Phi) is 5.33. The van der Waals surface area contributed by atoms with Gasteiger partial charge in [-0.05, 0) is 18.2 Å². The van der Waals surface area contributed by atoms with Crippen molar-refractivity contribution in [2.24, 2.45) is 0 Å². The Labute approximate surface area is 117 Å². The molecule has 1 rings (SSSR count). The van der Waals surface area contributed by atoms with Gasteiger partial charge in [0, 0.05) is 12.4 Å². The molecule has 1 aromatic rings. The van der Waals surface area contributed by atoms with Gasteiger partial charge >= 0.3 is 6.18 Å². The van der Waals surface area contributed by atoms with E-state index >= 15 is 0 Å². The fraction of sp³-hybridized carbons (Fsp3) is 0.400. The van der Waals surface area contributed by atoms with Crippen molar-refractivity contribution in [3.8, 4) is 0 Å². The van der Waals surface area contributed by atoms with Crippen LogP contribution < -0.4 is 0 Å². The minimum atomic E-state index is -4.84. The van der Waals surface area contributed by atoms with Gasteiger partial charge in [-0.1, -0.05) is 0 Å². The van der Waals surface area contributed by atoms with Crippen molar-refractivity contribution < 1.29 is 30.4 Å². The number of sulfonamides is 1. The average Bonchev–Trinajstić information content (AvgIpc) is 2.30. The van der Waals surface area contributed by atoms with Crippen LogP contribution in [-0.4, -0.2) is 37.9 Å². The highest BCUT2D eigenvalue weighted by Crippen LogP contribution is 2.24. The van der Waals surface area contributed by atoms with Gasteiger partial charge in [-0.25, -0.2) is 17.2 Å². The summed E-state index contributed by atoms with van der Waals surface area (Å²) in [6.07, 6.45) is -4.83. The molecule has 0 spiro atoms. The van der Waals surface area contributed by atoms with Crippen LogP contribution in [0.25, 0.3) is 0 Å². The Morgan fingerprint density at radius 2 is 1.80 bits per heavy atom. The van der Waals surface area contributed by atoms with E-state index in [2.05, 4.69) is 0 Å². The third-order valence-corrected chi connectivity index (χ3v) is 4.23. The molecule has 10 heteroatoms. The van der Waals surface area contributed by atoms with Gasteiger partial charge in [0.05, 0.1) is 0 Å². The zero-order valence-corrected chi connectivity index (χ0v) is 11.4. The van der Waals surface area contributed by atoms with Gasteiger partial charge in [0.1, 0.15) is 23.1 Å². The van der Waals surface area contributed by atoms with Gasteiger partial charge in [-0.2, -0.15) is 17.5 Å². The molecule has 0 radical (unpaired) electrons. The predicted molar refractivity (Wildman–Crippen MR) is 61.9 cm³/mol. The Morgan fingerprint density at radius 3 is 2.30 bits per heavy atom. The quantitative estimate of drug-likeness (QED) is 0.612. The maximum atomic E-state index is 13.4. The molecule has 0 N–H and O–H groups in total. The van der Waals surface area contributed by atoms with E-state index in [9.17, 15) is 30.4 Å². The van der Waals surface area contributed by atoms with Gasteiger partial charge in [0.25, 0.3) is 0 Å². The molecule has 0 saturated carbocycles. The lowest BCUT2D eigenvalue weighted by Gasteiger charge is -2.22. The van der Waals surface area contributed by atoms with Gasteiger partial charge < -0.3 is 0 Å². The summed E-state index contributed by atoms with van der Waals surface area (Å²) < 4.78 is 87.2. The van der Waals surface area contributed by atoms with Crippen molar-refractivity contribution in [1.82, 2.24) is 4.31 Å². The van der Waals surface area contributed by atoms with E-state index in [0.717, 1.165) is 0 Å². The standard InChI is InChI=1S/C10H9ClF5NO2S/c11-3-4-17(6-10(14,15)16)20(18,19)9-5-7(12)1-2-8(9)13/h1-2,5H,3-4,6H2. The molecule has 0 unspecified atom stereocenters. The van der Waals surface area contributed by atoms with Crippen molar-refractivity contribution in [2.45, 2.75) is 11.1 Å². The molecule has 0 aliphatic rings. The Hall–Kier alpha value is -0.930.